The summed E-state index contributed by atoms with van der Waals surface area (Å²) in [5, 5.41) is 0.880. The number of hydrogen-bond donors (Lipinski definition) is 0. The van der Waals surface area contributed by atoms with Crippen molar-refractivity contribution in [1.82, 2.24) is 4.98 Å². The van der Waals surface area contributed by atoms with E-state index in [9.17, 15) is 4.39 Å². The Balaban J connectivity index is 1.86. The lowest BCUT2D eigenvalue weighted by atomic mass is 10.0. The first kappa shape index (κ1) is 16.3. The third-order valence-electron chi connectivity index (χ3n) is 3.91. The maximum Gasteiger partial charge on any atom is 0.242 e. The highest BCUT2D eigenvalue weighted by atomic mass is 32.1. The van der Waals surface area contributed by atoms with Crippen LogP contribution in [0.15, 0.2) is 36.9 Å². The number of pyridine rings is 1. The van der Waals surface area contributed by atoms with Gasteiger partial charge in [0.25, 0.3) is 0 Å². The van der Waals surface area contributed by atoms with Crippen LogP contribution in [0.1, 0.15) is 10.6 Å². The molecule has 0 spiro atoms. The van der Waals surface area contributed by atoms with Crippen molar-refractivity contribution < 1.29 is 13.6 Å². The molecular formula is C19H18FNO2SSi. The van der Waals surface area contributed by atoms with Crippen LogP contribution in [0.25, 0.3) is 27.1 Å². The number of benzene rings is 1. The zero-order valence-corrected chi connectivity index (χ0v) is 16.2. The minimum atomic E-state index is -1.77. The maximum absolute atomic E-state index is 14.2. The van der Waals surface area contributed by atoms with Crippen LogP contribution in [0.4, 0.5) is 4.39 Å². The van der Waals surface area contributed by atoms with Crippen LogP contribution in [-0.4, -0.2) is 13.3 Å². The predicted molar refractivity (Wildman–Crippen MR) is 103 cm³/mol. The van der Waals surface area contributed by atoms with E-state index in [1.54, 1.807) is 6.07 Å². The van der Waals surface area contributed by atoms with E-state index in [1.165, 1.54) is 17.4 Å². The Morgan fingerprint density at radius 1 is 1.28 bits per heavy atom. The Morgan fingerprint density at radius 2 is 2.08 bits per heavy atom. The quantitative estimate of drug-likeness (QED) is 0.429. The Hall–Kier alpha value is -2.18. The van der Waals surface area contributed by atoms with Gasteiger partial charge >= 0.3 is 0 Å². The van der Waals surface area contributed by atoms with E-state index in [4.69, 9.17) is 14.1 Å². The van der Waals surface area contributed by atoms with Crippen molar-refractivity contribution in [3.05, 3.63) is 53.3 Å². The number of halogens is 1. The van der Waals surface area contributed by atoms with Gasteiger partial charge in [-0.1, -0.05) is 18.7 Å². The number of nitrogens with zero attached hydrogens (tertiary/aromatic N) is 1. The van der Waals surface area contributed by atoms with Gasteiger partial charge in [0, 0.05) is 10.9 Å². The molecule has 0 unspecified atom stereocenters. The second-order valence-electron chi connectivity index (χ2n) is 6.99. The summed E-state index contributed by atoms with van der Waals surface area (Å²) < 4.78 is 26.6. The molecule has 1 aliphatic heterocycles. The molecule has 2 aromatic heterocycles. The zero-order chi connectivity index (χ0) is 17.8. The average molecular weight is 372 g/mol. The van der Waals surface area contributed by atoms with Gasteiger partial charge in [0.1, 0.15) is 35.3 Å². The van der Waals surface area contributed by atoms with E-state index in [2.05, 4.69) is 26.2 Å². The van der Waals surface area contributed by atoms with Crippen LogP contribution in [0.5, 0.6) is 5.75 Å². The van der Waals surface area contributed by atoms with E-state index < -0.39 is 8.32 Å². The van der Waals surface area contributed by atoms with E-state index in [0.717, 1.165) is 21.5 Å². The molecule has 3 nitrogen and oxygen atoms in total. The molecule has 0 saturated heterocycles. The van der Waals surface area contributed by atoms with Crippen LogP contribution in [0.2, 0.25) is 19.6 Å². The topological polar surface area (TPSA) is 31.4 Å². The molecule has 0 saturated carbocycles. The Labute approximate surface area is 150 Å². The molecule has 4 rings (SSSR count). The molecule has 1 aromatic carbocycles. The van der Waals surface area contributed by atoms with Gasteiger partial charge in [-0.05, 0) is 37.8 Å². The average Bonchev–Trinajstić information content (AvgIpc) is 2.93. The Morgan fingerprint density at radius 3 is 2.84 bits per heavy atom. The van der Waals surface area contributed by atoms with E-state index in [1.807, 2.05) is 18.2 Å². The van der Waals surface area contributed by atoms with Crippen LogP contribution < -0.4 is 4.74 Å². The largest absolute Gasteiger partial charge is 0.543 e. The summed E-state index contributed by atoms with van der Waals surface area (Å²) in [4.78, 5) is 5.74. The molecule has 0 fully saturated rings. The lowest BCUT2D eigenvalue weighted by molar-refractivity contribution is 0.305. The molecule has 25 heavy (non-hydrogen) atoms. The smallest absolute Gasteiger partial charge is 0.242 e. The minimum Gasteiger partial charge on any atom is -0.543 e. The lowest BCUT2D eigenvalue weighted by Gasteiger charge is -2.22. The van der Waals surface area contributed by atoms with Crippen molar-refractivity contribution in [1.29, 1.82) is 0 Å². The molecule has 6 heteroatoms. The molecular weight excluding hydrogens is 353 g/mol. The van der Waals surface area contributed by atoms with Crippen molar-refractivity contribution in [3.63, 3.8) is 0 Å². The molecule has 0 atom stereocenters. The third-order valence-corrected chi connectivity index (χ3v) is 5.96. The van der Waals surface area contributed by atoms with Gasteiger partial charge in [-0.25, -0.2) is 9.37 Å². The maximum atomic E-state index is 14.2. The van der Waals surface area contributed by atoms with E-state index in [0.29, 0.717) is 28.5 Å². The minimum absolute atomic E-state index is 0.207. The summed E-state index contributed by atoms with van der Waals surface area (Å²) in [7, 11) is -1.77. The number of hydrogen-bond acceptors (Lipinski definition) is 4. The molecule has 0 bridgehead atoms. The fourth-order valence-corrected chi connectivity index (χ4v) is 4.92. The Kier molecular flexibility index (Phi) is 3.70. The van der Waals surface area contributed by atoms with Crippen LogP contribution >= 0.6 is 11.3 Å². The van der Waals surface area contributed by atoms with Gasteiger partial charge in [-0.2, -0.15) is 0 Å². The number of rotatable bonds is 3. The monoisotopic (exact) mass is 371 g/mol. The molecule has 3 aromatic rings. The summed E-state index contributed by atoms with van der Waals surface area (Å²) >= 11 is 1.43. The lowest BCUT2D eigenvalue weighted by Crippen LogP contribution is -2.24. The predicted octanol–water partition coefficient (Wildman–Crippen LogP) is 5.82. The molecule has 3 heterocycles. The van der Waals surface area contributed by atoms with Crippen LogP contribution in [-0.2, 0) is 11.0 Å². The van der Waals surface area contributed by atoms with Crippen molar-refractivity contribution in [2.75, 3.05) is 0 Å². The van der Waals surface area contributed by atoms with E-state index >= 15 is 0 Å². The zero-order valence-electron chi connectivity index (χ0n) is 14.4. The van der Waals surface area contributed by atoms with E-state index in [-0.39, 0.29) is 5.82 Å². The molecule has 128 valence electrons. The second kappa shape index (κ2) is 5.67. The van der Waals surface area contributed by atoms with Gasteiger partial charge in [0.05, 0.1) is 9.58 Å². The fourth-order valence-electron chi connectivity index (χ4n) is 2.96. The summed E-state index contributed by atoms with van der Waals surface area (Å²) in [6.07, 6.45) is 0. The van der Waals surface area contributed by atoms with Gasteiger partial charge in [-0.15, -0.1) is 11.3 Å². The van der Waals surface area contributed by atoms with Crippen LogP contribution in [0, 0.1) is 5.82 Å². The Bertz CT molecular complexity index is 1010. The number of aromatic nitrogens is 1. The first-order chi connectivity index (χ1) is 11.8. The molecule has 0 radical (unpaired) electrons. The van der Waals surface area contributed by atoms with Crippen LogP contribution in [0.3, 0.4) is 0 Å². The SMILES string of the molecule is C=C(O[Si](C)(C)C)c1ccc2c(n1)-c1c(sc3c(F)cccc13)CO2. The van der Waals surface area contributed by atoms with Crippen molar-refractivity contribution in [2.45, 2.75) is 26.2 Å². The second-order valence-corrected chi connectivity index (χ2v) is 12.5. The van der Waals surface area contributed by atoms with Crippen molar-refractivity contribution >= 4 is 35.5 Å². The molecule has 0 amide bonds. The first-order valence-electron chi connectivity index (χ1n) is 8.06. The summed E-state index contributed by atoms with van der Waals surface area (Å²) in [6, 6.07) is 8.91. The highest BCUT2D eigenvalue weighted by Gasteiger charge is 2.26. The molecule has 1 aliphatic rings. The summed E-state index contributed by atoms with van der Waals surface area (Å²) in [5.41, 5.74) is 2.38. The summed E-state index contributed by atoms with van der Waals surface area (Å²) in [6.45, 7) is 10.8. The highest BCUT2D eigenvalue weighted by molar-refractivity contribution is 7.19. The first-order valence-corrected chi connectivity index (χ1v) is 12.3. The third kappa shape index (κ3) is 2.85. The normalized spacial score (nSPS) is 13.1. The molecule has 0 aliphatic carbocycles. The summed E-state index contributed by atoms with van der Waals surface area (Å²) in [5.74, 6) is 1.07. The fraction of sp³-hybridized carbons (Fsp3) is 0.211. The van der Waals surface area contributed by atoms with Gasteiger partial charge in [-0.3, -0.25) is 0 Å². The van der Waals surface area contributed by atoms with Gasteiger partial charge in [0.15, 0.2) is 0 Å². The highest BCUT2D eigenvalue weighted by Crippen LogP contribution is 2.46. The number of fused-ring (bicyclic) bond motifs is 5. The standard InChI is InChI=1S/C19H18FNO2SSi/c1-11(23-25(2,3)4)14-8-9-15-18(21-14)17-12-6-5-7-13(20)19(12)24-16(17)10-22-15/h5-9H,1,10H2,2-4H3. The number of thiophene rings is 1. The molecule has 0 N–H and O–H groups in total. The van der Waals surface area contributed by atoms with Crippen molar-refractivity contribution in [3.8, 4) is 17.0 Å². The van der Waals surface area contributed by atoms with Gasteiger partial charge in [0.2, 0.25) is 8.32 Å². The number of ether oxygens (including phenoxy) is 1. The van der Waals surface area contributed by atoms with Gasteiger partial charge < -0.3 is 9.16 Å². The van der Waals surface area contributed by atoms with Crippen molar-refractivity contribution in [2.24, 2.45) is 0 Å².